The molecule has 0 fully saturated rings. The van der Waals surface area contributed by atoms with E-state index in [2.05, 4.69) is 34.2 Å². The summed E-state index contributed by atoms with van der Waals surface area (Å²) in [5, 5.41) is 8.58. The molecule has 5 nitrogen and oxygen atoms in total. The molecule has 0 saturated carbocycles. The number of nitrogens with one attached hydrogen (secondary N) is 1. The van der Waals surface area contributed by atoms with Gasteiger partial charge in [0.1, 0.15) is 5.82 Å². The zero-order chi connectivity index (χ0) is 15.7. The Morgan fingerprint density at radius 2 is 2.05 bits per heavy atom. The molecule has 0 spiro atoms. The Kier molecular flexibility index (Phi) is 3.98. The molecule has 114 valence electrons. The molecule has 0 amide bonds. The maximum atomic E-state index is 6.03. The van der Waals surface area contributed by atoms with E-state index in [1.165, 1.54) is 0 Å². The Balaban J connectivity index is 2.02. The quantitative estimate of drug-likeness (QED) is 0.789. The number of fused-ring (bicyclic) bond motifs is 1. The molecule has 22 heavy (non-hydrogen) atoms. The average molecular weight is 316 g/mol. The minimum atomic E-state index is 0.503. The van der Waals surface area contributed by atoms with Gasteiger partial charge in [-0.25, -0.2) is 4.98 Å². The maximum Gasteiger partial charge on any atom is 0.254 e. The van der Waals surface area contributed by atoms with Gasteiger partial charge in [-0.2, -0.15) is 9.50 Å². The summed E-state index contributed by atoms with van der Waals surface area (Å²) in [5.41, 5.74) is 1.79. The molecule has 0 bridgehead atoms. The molecular weight excluding hydrogens is 298 g/mol. The largest absolute Gasteiger partial charge is 0.340 e. The Labute approximate surface area is 134 Å². The van der Waals surface area contributed by atoms with E-state index in [9.17, 15) is 0 Å². The second-order valence-corrected chi connectivity index (χ2v) is 6.19. The fourth-order valence-electron chi connectivity index (χ4n) is 2.28. The smallest absolute Gasteiger partial charge is 0.254 e. The normalized spacial score (nSPS) is 11.3. The van der Waals surface area contributed by atoms with Gasteiger partial charge in [0.05, 0.1) is 0 Å². The van der Waals surface area contributed by atoms with E-state index < -0.39 is 0 Å². The van der Waals surface area contributed by atoms with Crippen molar-refractivity contribution in [1.82, 2.24) is 19.6 Å². The number of aromatic nitrogens is 4. The predicted molar refractivity (Wildman–Crippen MR) is 88.8 cm³/mol. The van der Waals surface area contributed by atoms with Crippen molar-refractivity contribution in [3.63, 3.8) is 0 Å². The zero-order valence-electron chi connectivity index (χ0n) is 12.8. The summed E-state index contributed by atoms with van der Waals surface area (Å²) in [6.07, 6.45) is 0.832. The van der Waals surface area contributed by atoms with Crippen LogP contribution in [0.2, 0.25) is 5.02 Å². The fraction of sp³-hybridized carbons (Fsp3) is 0.312. The van der Waals surface area contributed by atoms with Crippen molar-refractivity contribution in [2.24, 2.45) is 5.92 Å². The van der Waals surface area contributed by atoms with Gasteiger partial charge in [-0.1, -0.05) is 31.5 Å². The lowest BCUT2D eigenvalue weighted by molar-refractivity contribution is 0.620. The van der Waals surface area contributed by atoms with Gasteiger partial charge >= 0.3 is 0 Å². The van der Waals surface area contributed by atoms with Crippen molar-refractivity contribution in [3.05, 3.63) is 46.9 Å². The maximum absolute atomic E-state index is 6.03. The van der Waals surface area contributed by atoms with E-state index in [-0.39, 0.29) is 0 Å². The molecule has 1 N–H and O–H groups in total. The van der Waals surface area contributed by atoms with Gasteiger partial charge in [0, 0.05) is 28.9 Å². The molecule has 3 aromatic rings. The van der Waals surface area contributed by atoms with Crippen LogP contribution in [0.15, 0.2) is 30.3 Å². The molecule has 0 saturated heterocycles. The van der Waals surface area contributed by atoms with Crippen LogP contribution in [0.4, 0.5) is 11.5 Å². The Morgan fingerprint density at radius 3 is 2.77 bits per heavy atom. The minimum Gasteiger partial charge on any atom is -0.340 e. The third kappa shape index (κ3) is 3.20. The first-order valence-electron chi connectivity index (χ1n) is 7.27. The van der Waals surface area contributed by atoms with E-state index >= 15 is 0 Å². The molecule has 2 aromatic heterocycles. The average Bonchev–Trinajstić information content (AvgIpc) is 2.80. The second-order valence-electron chi connectivity index (χ2n) is 5.76. The molecule has 0 unspecified atom stereocenters. The molecule has 0 aliphatic rings. The lowest BCUT2D eigenvalue weighted by Crippen LogP contribution is -2.03. The Bertz CT molecular complexity index is 809. The van der Waals surface area contributed by atoms with Crippen LogP contribution in [0.1, 0.15) is 25.4 Å². The molecule has 2 heterocycles. The summed E-state index contributed by atoms with van der Waals surface area (Å²) in [6, 6.07) is 9.52. The van der Waals surface area contributed by atoms with Crippen molar-refractivity contribution in [2.45, 2.75) is 27.2 Å². The van der Waals surface area contributed by atoms with E-state index in [1.54, 1.807) is 4.52 Å². The number of aryl methyl sites for hydroxylation is 1. The highest BCUT2D eigenvalue weighted by atomic mass is 35.5. The van der Waals surface area contributed by atoms with Crippen LogP contribution in [0.3, 0.4) is 0 Å². The van der Waals surface area contributed by atoms with Gasteiger partial charge in [-0.15, -0.1) is 5.10 Å². The van der Waals surface area contributed by atoms with Crippen LogP contribution in [-0.2, 0) is 6.42 Å². The Hall–Kier alpha value is -2.14. The fourth-order valence-corrected chi connectivity index (χ4v) is 2.47. The number of hydrogen-bond acceptors (Lipinski definition) is 4. The summed E-state index contributed by atoms with van der Waals surface area (Å²) >= 11 is 6.03. The SMILES string of the molecule is Cc1cc(Nc2cccc(Cl)c2)n2nc(CC(C)C)nc2n1. The van der Waals surface area contributed by atoms with Gasteiger partial charge in [-0.3, -0.25) is 0 Å². The Morgan fingerprint density at radius 1 is 1.23 bits per heavy atom. The first kappa shape index (κ1) is 14.8. The van der Waals surface area contributed by atoms with Gasteiger partial charge in [0.2, 0.25) is 0 Å². The van der Waals surface area contributed by atoms with Gasteiger partial charge < -0.3 is 5.32 Å². The minimum absolute atomic E-state index is 0.503. The number of halogens is 1. The topological polar surface area (TPSA) is 55.1 Å². The third-order valence-electron chi connectivity index (χ3n) is 3.17. The molecule has 0 aliphatic carbocycles. The first-order chi connectivity index (χ1) is 10.5. The van der Waals surface area contributed by atoms with Crippen molar-refractivity contribution in [2.75, 3.05) is 5.32 Å². The lowest BCUT2D eigenvalue weighted by atomic mass is 10.1. The molecular formula is C16H18ClN5. The van der Waals surface area contributed by atoms with Crippen molar-refractivity contribution in [3.8, 4) is 0 Å². The summed E-state index contributed by atoms with van der Waals surface area (Å²) in [4.78, 5) is 8.95. The predicted octanol–water partition coefficient (Wildman–Crippen LogP) is 4.03. The number of rotatable bonds is 4. The molecule has 1 aromatic carbocycles. The van der Waals surface area contributed by atoms with Crippen LogP contribution in [0, 0.1) is 12.8 Å². The van der Waals surface area contributed by atoms with Crippen molar-refractivity contribution >= 4 is 28.9 Å². The molecule has 0 atom stereocenters. The van der Waals surface area contributed by atoms with E-state index in [0.717, 1.165) is 29.4 Å². The van der Waals surface area contributed by atoms with E-state index in [0.29, 0.717) is 16.7 Å². The summed E-state index contributed by atoms with van der Waals surface area (Å²) in [7, 11) is 0. The highest BCUT2D eigenvalue weighted by Crippen LogP contribution is 2.21. The van der Waals surface area contributed by atoms with Gasteiger partial charge in [0.15, 0.2) is 5.82 Å². The third-order valence-corrected chi connectivity index (χ3v) is 3.41. The highest BCUT2D eigenvalue weighted by molar-refractivity contribution is 6.30. The number of benzene rings is 1. The van der Waals surface area contributed by atoms with Gasteiger partial charge in [0.25, 0.3) is 5.78 Å². The highest BCUT2D eigenvalue weighted by Gasteiger charge is 2.11. The zero-order valence-corrected chi connectivity index (χ0v) is 13.6. The molecule has 0 aliphatic heterocycles. The van der Waals surface area contributed by atoms with E-state index in [1.807, 2.05) is 37.3 Å². The molecule has 3 rings (SSSR count). The summed E-state index contributed by atoms with van der Waals surface area (Å²) < 4.78 is 1.74. The van der Waals surface area contributed by atoms with Crippen LogP contribution in [0.5, 0.6) is 0 Å². The molecule has 0 radical (unpaired) electrons. The number of nitrogens with zero attached hydrogens (tertiary/aromatic N) is 4. The van der Waals surface area contributed by atoms with Crippen LogP contribution >= 0.6 is 11.6 Å². The van der Waals surface area contributed by atoms with Crippen molar-refractivity contribution in [1.29, 1.82) is 0 Å². The summed E-state index contributed by atoms with van der Waals surface area (Å²) in [6.45, 7) is 6.24. The van der Waals surface area contributed by atoms with Crippen LogP contribution in [-0.4, -0.2) is 19.6 Å². The van der Waals surface area contributed by atoms with Crippen LogP contribution < -0.4 is 5.32 Å². The van der Waals surface area contributed by atoms with Crippen LogP contribution in [0.25, 0.3) is 5.78 Å². The standard InChI is InChI=1S/C16H18ClN5/c1-10(2)7-14-20-16-18-11(3)8-15(22(16)21-14)19-13-6-4-5-12(17)9-13/h4-6,8-10,19H,7H2,1-3H3. The first-order valence-corrected chi connectivity index (χ1v) is 7.65. The number of anilines is 2. The second kappa shape index (κ2) is 5.93. The van der Waals surface area contributed by atoms with E-state index in [4.69, 9.17) is 11.6 Å². The number of hydrogen-bond donors (Lipinski definition) is 1. The van der Waals surface area contributed by atoms with Crippen molar-refractivity contribution < 1.29 is 0 Å². The van der Waals surface area contributed by atoms with Gasteiger partial charge in [-0.05, 0) is 31.0 Å². The summed E-state index contributed by atoms with van der Waals surface area (Å²) in [5.74, 6) is 2.75. The monoisotopic (exact) mass is 315 g/mol. The molecule has 6 heteroatoms. The lowest BCUT2D eigenvalue weighted by Gasteiger charge is -2.08.